The maximum absolute atomic E-state index is 11.0. The number of amidine groups is 1. The van der Waals surface area contributed by atoms with Gasteiger partial charge in [-0.25, -0.2) is 0 Å². The molecule has 98 valence electrons. The fraction of sp³-hybridized carbons (Fsp3) is 0.300. The zero-order valence-corrected chi connectivity index (χ0v) is 11.2. The molecule has 1 aromatic carbocycles. The average Bonchev–Trinajstić information content (AvgIpc) is 2.74. The highest BCUT2D eigenvalue weighted by atomic mass is 35.5. The molecule has 6 nitrogen and oxygen atoms in total. The summed E-state index contributed by atoms with van der Waals surface area (Å²) in [5.41, 5.74) is 0.419. The van der Waals surface area contributed by atoms with Gasteiger partial charge in [0.1, 0.15) is 11.4 Å². The van der Waals surface area contributed by atoms with Crippen LogP contribution in [0.4, 0.5) is 11.4 Å². The summed E-state index contributed by atoms with van der Waals surface area (Å²) in [4.78, 5) is 12.2. The first-order chi connectivity index (χ1) is 8.13. The predicted octanol–water partition coefficient (Wildman–Crippen LogP) is 2.51. The largest absolute Gasteiger partial charge is 0.496 e. The summed E-state index contributed by atoms with van der Waals surface area (Å²) >= 11 is 1.39. The molecule has 1 heterocycles. The van der Waals surface area contributed by atoms with Crippen molar-refractivity contribution in [1.82, 2.24) is 0 Å². The SMILES string of the molecule is COc1ccc(N2CCSC2=N)c([N+](=O)[O-])c1.Cl. The summed E-state index contributed by atoms with van der Waals surface area (Å²) in [7, 11) is 1.46. The van der Waals surface area contributed by atoms with Crippen LogP contribution in [0.15, 0.2) is 18.2 Å². The summed E-state index contributed by atoms with van der Waals surface area (Å²) in [6.45, 7) is 0.622. The summed E-state index contributed by atoms with van der Waals surface area (Å²) in [5, 5.41) is 19.1. The highest BCUT2D eigenvalue weighted by Gasteiger charge is 2.26. The highest BCUT2D eigenvalue weighted by Crippen LogP contribution is 2.35. The molecule has 1 aliphatic heterocycles. The van der Waals surface area contributed by atoms with Gasteiger partial charge < -0.3 is 9.64 Å². The Kier molecular flexibility index (Phi) is 4.80. The molecule has 1 aliphatic rings. The Bertz CT molecular complexity index is 483. The van der Waals surface area contributed by atoms with Gasteiger partial charge in [-0.2, -0.15) is 0 Å². The van der Waals surface area contributed by atoms with Gasteiger partial charge in [0.25, 0.3) is 5.69 Å². The topological polar surface area (TPSA) is 79.5 Å². The first kappa shape index (κ1) is 14.6. The van der Waals surface area contributed by atoms with Crippen molar-refractivity contribution in [3.8, 4) is 5.75 Å². The lowest BCUT2D eigenvalue weighted by Crippen LogP contribution is -2.23. The van der Waals surface area contributed by atoms with Crippen LogP contribution in [0, 0.1) is 15.5 Å². The van der Waals surface area contributed by atoms with Crippen LogP contribution in [0.3, 0.4) is 0 Å². The highest BCUT2D eigenvalue weighted by molar-refractivity contribution is 8.14. The van der Waals surface area contributed by atoms with Crippen LogP contribution < -0.4 is 9.64 Å². The molecular weight excluding hydrogens is 278 g/mol. The van der Waals surface area contributed by atoms with Gasteiger partial charge >= 0.3 is 0 Å². The Morgan fingerprint density at radius 1 is 1.56 bits per heavy atom. The van der Waals surface area contributed by atoms with E-state index < -0.39 is 4.92 Å². The molecule has 2 rings (SSSR count). The number of halogens is 1. The number of anilines is 1. The normalized spacial score (nSPS) is 14.3. The van der Waals surface area contributed by atoms with E-state index in [4.69, 9.17) is 10.1 Å². The van der Waals surface area contributed by atoms with E-state index in [1.54, 1.807) is 17.0 Å². The van der Waals surface area contributed by atoms with Crippen molar-refractivity contribution in [3.05, 3.63) is 28.3 Å². The lowest BCUT2D eigenvalue weighted by molar-refractivity contribution is -0.384. The van der Waals surface area contributed by atoms with Crippen molar-refractivity contribution in [2.75, 3.05) is 24.3 Å². The number of methoxy groups -OCH3 is 1. The number of hydrogen-bond donors (Lipinski definition) is 1. The molecule has 8 heteroatoms. The third kappa shape index (κ3) is 2.68. The quantitative estimate of drug-likeness (QED) is 0.683. The molecular formula is C10H12ClN3O3S. The average molecular weight is 290 g/mol. The van der Waals surface area contributed by atoms with Crippen LogP contribution in [0.2, 0.25) is 0 Å². The first-order valence-corrected chi connectivity index (χ1v) is 5.93. The number of nitrogens with one attached hydrogen (secondary N) is 1. The molecule has 0 aliphatic carbocycles. The van der Waals surface area contributed by atoms with Crippen LogP contribution in [-0.4, -0.2) is 29.5 Å². The van der Waals surface area contributed by atoms with Crippen LogP contribution in [0.1, 0.15) is 0 Å². The molecule has 1 N–H and O–H groups in total. The van der Waals surface area contributed by atoms with Gasteiger partial charge in [-0.3, -0.25) is 15.5 Å². The number of rotatable bonds is 3. The van der Waals surface area contributed by atoms with E-state index in [1.807, 2.05) is 0 Å². The van der Waals surface area contributed by atoms with Crippen molar-refractivity contribution in [3.63, 3.8) is 0 Å². The van der Waals surface area contributed by atoms with E-state index in [0.29, 0.717) is 23.1 Å². The van der Waals surface area contributed by atoms with Gasteiger partial charge in [0.2, 0.25) is 0 Å². The van der Waals surface area contributed by atoms with Crippen LogP contribution in [0.25, 0.3) is 0 Å². The molecule has 0 bridgehead atoms. The van der Waals surface area contributed by atoms with Crippen molar-refractivity contribution < 1.29 is 9.66 Å². The van der Waals surface area contributed by atoms with E-state index >= 15 is 0 Å². The zero-order valence-electron chi connectivity index (χ0n) is 9.58. The minimum atomic E-state index is -0.450. The summed E-state index contributed by atoms with van der Waals surface area (Å²) in [6, 6.07) is 4.67. The second-order valence-corrected chi connectivity index (χ2v) is 4.50. The van der Waals surface area contributed by atoms with Gasteiger partial charge in [0.05, 0.1) is 18.1 Å². The summed E-state index contributed by atoms with van der Waals surface area (Å²) in [5.74, 6) is 1.22. The van der Waals surface area contributed by atoms with E-state index in [1.165, 1.54) is 24.9 Å². The number of hydrogen-bond acceptors (Lipinski definition) is 5. The van der Waals surface area contributed by atoms with E-state index in [2.05, 4.69) is 0 Å². The minimum Gasteiger partial charge on any atom is -0.496 e. The minimum absolute atomic E-state index is 0. The van der Waals surface area contributed by atoms with Crippen molar-refractivity contribution in [1.29, 1.82) is 5.41 Å². The van der Waals surface area contributed by atoms with Gasteiger partial charge in [-0.05, 0) is 12.1 Å². The molecule has 1 saturated heterocycles. The molecule has 0 spiro atoms. The number of ether oxygens (including phenoxy) is 1. The standard InChI is InChI=1S/C10H11N3O3S.ClH/c1-16-7-2-3-8(9(6-7)13(14)15)12-4-5-17-10(12)11;/h2-3,6,11H,4-5H2,1H3;1H. The third-order valence-corrected chi connectivity index (χ3v) is 3.35. The maximum atomic E-state index is 11.0. The molecule has 0 unspecified atom stereocenters. The molecule has 0 radical (unpaired) electrons. The maximum Gasteiger partial charge on any atom is 0.296 e. The molecule has 1 aromatic rings. The zero-order chi connectivity index (χ0) is 12.4. The van der Waals surface area contributed by atoms with Gasteiger partial charge in [-0.1, -0.05) is 11.8 Å². The lowest BCUT2D eigenvalue weighted by Gasteiger charge is -2.16. The van der Waals surface area contributed by atoms with E-state index in [9.17, 15) is 10.1 Å². The van der Waals surface area contributed by atoms with Crippen LogP contribution in [-0.2, 0) is 0 Å². The number of nitro groups is 1. The second-order valence-electron chi connectivity index (χ2n) is 3.42. The van der Waals surface area contributed by atoms with Crippen molar-refractivity contribution in [2.24, 2.45) is 0 Å². The van der Waals surface area contributed by atoms with Gasteiger partial charge in [0.15, 0.2) is 5.17 Å². The Labute approximate surface area is 114 Å². The van der Waals surface area contributed by atoms with Crippen molar-refractivity contribution >= 4 is 40.7 Å². The predicted molar refractivity (Wildman–Crippen MR) is 74.4 cm³/mol. The fourth-order valence-electron chi connectivity index (χ4n) is 1.65. The smallest absolute Gasteiger partial charge is 0.296 e. The van der Waals surface area contributed by atoms with Crippen LogP contribution >= 0.6 is 24.2 Å². The number of benzene rings is 1. The Hall–Kier alpha value is -1.47. The van der Waals surface area contributed by atoms with Crippen LogP contribution in [0.5, 0.6) is 5.75 Å². The lowest BCUT2D eigenvalue weighted by atomic mass is 10.2. The van der Waals surface area contributed by atoms with Crippen molar-refractivity contribution in [2.45, 2.75) is 0 Å². The first-order valence-electron chi connectivity index (χ1n) is 4.95. The van der Waals surface area contributed by atoms with E-state index in [0.717, 1.165) is 5.75 Å². The Balaban J connectivity index is 0.00000162. The molecule has 0 aromatic heterocycles. The number of thioether (sulfide) groups is 1. The fourth-order valence-corrected chi connectivity index (χ4v) is 2.46. The molecule has 0 atom stereocenters. The van der Waals surface area contributed by atoms with E-state index in [-0.39, 0.29) is 18.1 Å². The van der Waals surface area contributed by atoms with Gasteiger partial charge in [-0.15, -0.1) is 12.4 Å². The molecule has 0 amide bonds. The molecule has 0 saturated carbocycles. The Morgan fingerprint density at radius 3 is 2.78 bits per heavy atom. The monoisotopic (exact) mass is 289 g/mol. The molecule has 1 fully saturated rings. The van der Waals surface area contributed by atoms with Gasteiger partial charge in [0, 0.05) is 12.3 Å². The third-order valence-electron chi connectivity index (χ3n) is 2.47. The number of nitrogens with zero attached hydrogens (tertiary/aromatic N) is 2. The second kappa shape index (κ2) is 5.92. The summed E-state index contributed by atoms with van der Waals surface area (Å²) in [6.07, 6.45) is 0. The number of nitro benzene ring substituents is 1. The molecule has 18 heavy (non-hydrogen) atoms. The Morgan fingerprint density at radius 2 is 2.28 bits per heavy atom. The summed E-state index contributed by atoms with van der Waals surface area (Å²) < 4.78 is 4.97.